The molecular weight excluding hydrogens is 787 g/mol. The molecule has 1 saturated carbocycles. The van der Waals surface area contributed by atoms with Crippen molar-refractivity contribution >= 4 is 28.3 Å². The first-order valence-corrected chi connectivity index (χ1v) is 21.3. The lowest BCUT2D eigenvalue weighted by Gasteiger charge is -2.46. The minimum Gasteiger partial charge on any atom is -0.508 e. The van der Waals surface area contributed by atoms with Crippen molar-refractivity contribution in [1.82, 2.24) is 10.3 Å². The van der Waals surface area contributed by atoms with Gasteiger partial charge in [0.1, 0.15) is 17.4 Å². The standard InChI is InChI=1S/C50H53N3O9/c1-61-43-18-27(5-11-39(43)56)6-12-40(57)48-41(58)22-31(32-23-42(59)49(60)44(24-32)62-2)19-28-7-8-29-20-35(54)21-30-9-10-37(47(28)46(29)30)53-45-25-33(14-17-52-45)50(48)15-13-38(55)36(50)26-34-4-3-16-51-34/h3-5,7-11,14,16,18,20-21,23-25,28,31,36,38,40,48,51-57,59-60H,6,12-13,15,17,19,22,26H2,1-2H3/t28-,31-,36+,38+,40+,48+,50+/m0/s1. The molecule has 4 aliphatic rings. The predicted molar refractivity (Wildman–Crippen MR) is 237 cm³/mol. The van der Waals surface area contributed by atoms with Gasteiger partial charge in [0.05, 0.1) is 32.3 Å². The number of hydrogen-bond donors (Lipinski definition) is 9. The molecule has 3 heterocycles. The Morgan fingerprint density at radius 2 is 1.79 bits per heavy atom. The molecule has 0 saturated heterocycles. The van der Waals surface area contributed by atoms with Crippen LogP contribution in [0.3, 0.4) is 0 Å². The Labute approximate surface area is 359 Å². The number of aliphatic hydroxyl groups is 2. The largest absolute Gasteiger partial charge is 0.508 e. The van der Waals surface area contributed by atoms with Crippen LogP contribution >= 0.6 is 0 Å². The lowest BCUT2D eigenvalue weighted by molar-refractivity contribution is -0.134. The Morgan fingerprint density at radius 3 is 2.58 bits per heavy atom. The number of aromatic hydroxyl groups is 4. The van der Waals surface area contributed by atoms with Gasteiger partial charge in [-0.1, -0.05) is 30.4 Å². The zero-order chi connectivity index (χ0) is 43.3. The molecule has 9 rings (SSSR count). The van der Waals surface area contributed by atoms with E-state index in [0.29, 0.717) is 55.8 Å². The van der Waals surface area contributed by atoms with E-state index in [1.165, 1.54) is 20.3 Å². The van der Waals surface area contributed by atoms with Crippen molar-refractivity contribution in [2.75, 3.05) is 26.1 Å². The van der Waals surface area contributed by atoms with E-state index < -0.39 is 41.1 Å². The van der Waals surface area contributed by atoms with Gasteiger partial charge in [-0.05, 0) is 144 Å². The number of hydrogen-bond acceptors (Lipinski definition) is 11. The van der Waals surface area contributed by atoms with Gasteiger partial charge in [-0.25, -0.2) is 0 Å². The lowest BCUT2D eigenvalue weighted by atomic mass is 9.57. The number of rotatable bonds is 9. The van der Waals surface area contributed by atoms with Crippen LogP contribution in [0, 0.1) is 17.3 Å². The first-order chi connectivity index (χ1) is 30.0. The van der Waals surface area contributed by atoms with Crippen molar-refractivity contribution in [2.45, 2.75) is 69.0 Å². The van der Waals surface area contributed by atoms with Gasteiger partial charge < -0.3 is 55.7 Å². The Hall–Kier alpha value is -6.37. The third kappa shape index (κ3) is 7.30. The summed E-state index contributed by atoms with van der Waals surface area (Å²) in [5.74, 6) is -1.98. The van der Waals surface area contributed by atoms with Crippen LogP contribution in [0.2, 0.25) is 0 Å². The smallest absolute Gasteiger partial charge is 0.200 e. The second kappa shape index (κ2) is 16.5. The Bertz CT molecular complexity index is 2620. The number of aryl methyl sites for hydroxylation is 1. The second-order valence-corrected chi connectivity index (χ2v) is 17.3. The van der Waals surface area contributed by atoms with Crippen LogP contribution in [0.4, 0.5) is 5.69 Å². The average molecular weight is 840 g/mol. The number of phenolic OH excluding ortho intramolecular Hbond substituents is 4. The summed E-state index contributed by atoms with van der Waals surface area (Å²) >= 11 is 0. The van der Waals surface area contributed by atoms with Crippen LogP contribution in [0.5, 0.6) is 34.5 Å². The number of H-pyrrole nitrogens is 1. The summed E-state index contributed by atoms with van der Waals surface area (Å²) in [6, 6.07) is 19.6. The highest BCUT2D eigenvalue weighted by Crippen LogP contribution is 2.59. The quantitative estimate of drug-likeness (QED) is 0.0662. The number of fused-ring (bicyclic) bond motifs is 2. The second-order valence-electron chi connectivity index (χ2n) is 17.3. The molecule has 12 nitrogen and oxygen atoms in total. The number of Topliss-reactive ketones (excluding diaryl/α,β-unsaturated/α-hetero) is 1. The number of ketones is 1. The SMILES string of the molecule is COc1cc(CC[C@@H](O)[C@@H]2C(=O)C[C@@H](c3cc(O)c(O)c(OC)c3)C[C@@H]3C=Cc4cc(O)cc5ccc(c3c45)NC3=CC(=CCN3)[C@@]23CC[C@@H](O)[C@H]3Cc2ccc[nH]2)ccc1O. The van der Waals surface area contributed by atoms with Crippen molar-refractivity contribution in [2.24, 2.45) is 17.3 Å². The van der Waals surface area contributed by atoms with E-state index in [-0.39, 0.29) is 47.5 Å². The van der Waals surface area contributed by atoms with Crippen molar-refractivity contribution in [3.63, 3.8) is 0 Å². The number of aromatic nitrogens is 1. The average Bonchev–Trinajstić information content (AvgIpc) is 3.90. The first kappa shape index (κ1) is 41.0. The third-order valence-corrected chi connectivity index (χ3v) is 13.9. The van der Waals surface area contributed by atoms with Gasteiger partial charge in [0.15, 0.2) is 23.0 Å². The lowest BCUT2D eigenvalue weighted by Crippen LogP contribution is -2.50. The number of methoxy groups -OCH3 is 2. The van der Waals surface area contributed by atoms with Gasteiger partial charge >= 0.3 is 0 Å². The molecule has 2 aliphatic heterocycles. The van der Waals surface area contributed by atoms with Gasteiger partial charge in [-0.15, -0.1) is 0 Å². The predicted octanol–water partition coefficient (Wildman–Crippen LogP) is 7.66. The molecule has 12 heteroatoms. The summed E-state index contributed by atoms with van der Waals surface area (Å²) in [6.45, 7) is 0.437. The van der Waals surface area contributed by atoms with E-state index in [1.807, 2.05) is 42.6 Å². The van der Waals surface area contributed by atoms with E-state index in [9.17, 15) is 30.6 Å². The summed E-state index contributed by atoms with van der Waals surface area (Å²) in [5.41, 5.74) is 4.83. The Kier molecular flexibility index (Phi) is 10.9. The molecule has 5 aromatic rings. The number of nitrogens with one attached hydrogen (secondary N) is 3. The number of dihydropyridines is 1. The van der Waals surface area contributed by atoms with Crippen molar-refractivity contribution < 1.29 is 44.9 Å². The monoisotopic (exact) mass is 839 g/mol. The number of phenols is 4. The van der Waals surface area contributed by atoms with Gasteiger partial charge in [-0.3, -0.25) is 4.79 Å². The number of carbonyl (C=O) groups is 1. The highest BCUT2D eigenvalue weighted by atomic mass is 16.5. The maximum absolute atomic E-state index is 15.9. The number of aliphatic hydroxyl groups excluding tert-OH is 2. The van der Waals surface area contributed by atoms with Gasteiger partial charge in [0, 0.05) is 47.8 Å². The van der Waals surface area contributed by atoms with Crippen LogP contribution in [-0.2, 0) is 17.6 Å². The number of benzene rings is 4. The van der Waals surface area contributed by atoms with Crippen LogP contribution in [0.1, 0.15) is 71.9 Å². The van der Waals surface area contributed by atoms with E-state index >= 15 is 4.79 Å². The summed E-state index contributed by atoms with van der Waals surface area (Å²) in [5, 5.41) is 76.8. The molecule has 1 fully saturated rings. The highest BCUT2D eigenvalue weighted by molar-refractivity contribution is 6.00. The summed E-state index contributed by atoms with van der Waals surface area (Å²) in [6.07, 6.45) is 10.3. The zero-order valence-electron chi connectivity index (χ0n) is 34.8. The number of aromatic amines is 1. The zero-order valence-corrected chi connectivity index (χ0v) is 34.8. The summed E-state index contributed by atoms with van der Waals surface area (Å²) in [4.78, 5) is 19.2. The molecule has 1 aromatic heterocycles. The normalized spacial score (nSPS) is 24.8. The fraction of sp³-hybridized carbons (Fsp3) is 0.340. The maximum atomic E-state index is 15.9. The molecule has 0 radical (unpaired) electrons. The molecular formula is C50H53N3O9. The minimum absolute atomic E-state index is 0.00239. The molecule has 0 unspecified atom stereocenters. The molecule has 7 atom stereocenters. The summed E-state index contributed by atoms with van der Waals surface area (Å²) in [7, 11) is 2.89. The summed E-state index contributed by atoms with van der Waals surface area (Å²) < 4.78 is 10.9. The van der Waals surface area contributed by atoms with E-state index in [1.54, 1.807) is 36.4 Å². The van der Waals surface area contributed by atoms with Gasteiger partial charge in [0.2, 0.25) is 5.75 Å². The highest BCUT2D eigenvalue weighted by Gasteiger charge is 2.58. The van der Waals surface area contributed by atoms with E-state index in [0.717, 1.165) is 44.4 Å². The van der Waals surface area contributed by atoms with Crippen LogP contribution in [0.15, 0.2) is 103 Å². The molecule has 2 aliphatic carbocycles. The Morgan fingerprint density at radius 1 is 0.952 bits per heavy atom. The third-order valence-electron chi connectivity index (χ3n) is 13.9. The molecule has 322 valence electrons. The molecule has 2 bridgehead atoms. The topological polar surface area (TPSA) is 197 Å². The van der Waals surface area contributed by atoms with Crippen LogP contribution < -0.4 is 20.1 Å². The van der Waals surface area contributed by atoms with Gasteiger partial charge in [0.25, 0.3) is 0 Å². The number of carbonyl (C=O) groups excluding carboxylic acids is 1. The number of ether oxygens (including phenoxy) is 2. The molecule has 9 N–H and O–H groups in total. The van der Waals surface area contributed by atoms with Crippen molar-refractivity contribution in [3.05, 3.63) is 130 Å². The molecule has 4 aromatic carbocycles. The fourth-order valence-corrected chi connectivity index (χ4v) is 11.0. The Balaban J connectivity index is 1.24. The minimum atomic E-state index is -1.17. The van der Waals surface area contributed by atoms with Crippen LogP contribution in [0.25, 0.3) is 16.8 Å². The fourth-order valence-electron chi connectivity index (χ4n) is 11.0. The first-order valence-electron chi connectivity index (χ1n) is 21.3. The molecule has 0 amide bonds. The van der Waals surface area contributed by atoms with Crippen molar-refractivity contribution in [1.29, 1.82) is 0 Å². The molecule has 1 spiro atoms. The maximum Gasteiger partial charge on any atom is 0.200 e. The van der Waals surface area contributed by atoms with E-state index in [4.69, 9.17) is 9.47 Å². The number of allylic oxidation sites excluding steroid dienone is 3. The molecule has 62 heavy (non-hydrogen) atoms. The van der Waals surface area contributed by atoms with Crippen molar-refractivity contribution in [3.8, 4) is 34.5 Å². The number of anilines is 1. The van der Waals surface area contributed by atoms with E-state index in [2.05, 4.69) is 27.8 Å². The van der Waals surface area contributed by atoms with Gasteiger partial charge in [-0.2, -0.15) is 0 Å². The van der Waals surface area contributed by atoms with Crippen LogP contribution in [-0.4, -0.2) is 74.4 Å².